The summed E-state index contributed by atoms with van der Waals surface area (Å²) in [6.07, 6.45) is 1.91. The van der Waals surface area contributed by atoms with E-state index in [9.17, 15) is 9.59 Å². The lowest BCUT2D eigenvalue weighted by atomic mass is 10.1. The van der Waals surface area contributed by atoms with Gasteiger partial charge in [0.15, 0.2) is 0 Å². The summed E-state index contributed by atoms with van der Waals surface area (Å²) >= 11 is 1.95. The van der Waals surface area contributed by atoms with Crippen molar-refractivity contribution < 1.29 is 9.59 Å². The van der Waals surface area contributed by atoms with Gasteiger partial charge in [-0.15, -0.1) is 0 Å². The third-order valence-corrected chi connectivity index (χ3v) is 3.55. The first-order valence-corrected chi connectivity index (χ1v) is 6.18. The largest absolute Gasteiger partial charge is 0.356 e. The predicted octanol–water partition coefficient (Wildman–Crippen LogP) is 1.22. The van der Waals surface area contributed by atoms with Crippen LogP contribution in [0.4, 0.5) is 0 Å². The van der Waals surface area contributed by atoms with Crippen molar-refractivity contribution in [3.8, 4) is 0 Å². The Morgan fingerprint density at radius 2 is 2.21 bits per heavy atom. The molecular formula is C10H17NO2S. The van der Waals surface area contributed by atoms with E-state index in [1.165, 1.54) is 19.1 Å². The molecule has 1 unspecified atom stereocenters. The second kappa shape index (κ2) is 6.06. The van der Waals surface area contributed by atoms with E-state index in [1.807, 2.05) is 11.8 Å². The van der Waals surface area contributed by atoms with Crippen molar-refractivity contribution >= 4 is 23.5 Å². The minimum Gasteiger partial charge on any atom is -0.356 e. The summed E-state index contributed by atoms with van der Waals surface area (Å²) in [4.78, 5) is 21.9. The molecule has 1 aliphatic rings. The first-order valence-electron chi connectivity index (χ1n) is 5.02. The van der Waals surface area contributed by atoms with Gasteiger partial charge in [-0.2, -0.15) is 11.8 Å². The van der Waals surface area contributed by atoms with E-state index in [-0.39, 0.29) is 11.7 Å². The standard InChI is InChI=1S/C10H17NO2S/c1-8(12)2-3-10(13)11-6-9-4-5-14-7-9/h9H,2-7H2,1H3,(H,11,13). The first-order chi connectivity index (χ1) is 6.68. The zero-order valence-electron chi connectivity index (χ0n) is 8.54. The van der Waals surface area contributed by atoms with Crippen molar-refractivity contribution in [2.45, 2.75) is 26.2 Å². The minimum absolute atomic E-state index is 0.0112. The average Bonchev–Trinajstić information content (AvgIpc) is 2.63. The molecule has 0 radical (unpaired) electrons. The van der Waals surface area contributed by atoms with E-state index in [4.69, 9.17) is 0 Å². The molecule has 0 bridgehead atoms. The van der Waals surface area contributed by atoms with E-state index in [1.54, 1.807) is 0 Å². The number of hydrogen-bond acceptors (Lipinski definition) is 3. The Kier molecular flexibility index (Phi) is 5.01. The number of hydrogen-bond donors (Lipinski definition) is 1. The Hall–Kier alpha value is -0.510. The van der Waals surface area contributed by atoms with Crippen LogP contribution in [0.15, 0.2) is 0 Å². The summed E-state index contributed by atoms with van der Waals surface area (Å²) in [6.45, 7) is 2.30. The molecule has 0 aromatic heterocycles. The maximum atomic E-state index is 11.2. The second-order valence-electron chi connectivity index (χ2n) is 3.74. The third-order valence-electron chi connectivity index (χ3n) is 2.32. The fourth-order valence-electron chi connectivity index (χ4n) is 1.38. The van der Waals surface area contributed by atoms with Gasteiger partial charge in [0, 0.05) is 19.4 Å². The van der Waals surface area contributed by atoms with Crippen LogP contribution in [0.2, 0.25) is 0 Å². The lowest BCUT2D eigenvalue weighted by molar-refractivity contribution is -0.124. The molecular weight excluding hydrogens is 198 g/mol. The average molecular weight is 215 g/mol. The Balaban J connectivity index is 2.05. The number of carbonyl (C=O) groups is 2. The lowest BCUT2D eigenvalue weighted by Crippen LogP contribution is -2.29. The third kappa shape index (κ3) is 4.65. The van der Waals surface area contributed by atoms with Crippen LogP contribution in [0.5, 0.6) is 0 Å². The Bertz CT molecular complexity index is 212. The van der Waals surface area contributed by atoms with Gasteiger partial charge in [-0.25, -0.2) is 0 Å². The molecule has 0 spiro atoms. The van der Waals surface area contributed by atoms with Gasteiger partial charge in [-0.1, -0.05) is 0 Å². The number of carbonyl (C=O) groups excluding carboxylic acids is 2. The van der Waals surface area contributed by atoms with Gasteiger partial charge in [0.1, 0.15) is 5.78 Å². The number of thioether (sulfide) groups is 1. The molecule has 0 saturated carbocycles. The van der Waals surface area contributed by atoms with Gasteiger partial charge in [-0.05, 0) is 30.8 Å². The van der Waals surface area contributed by atoms with Crippen LogP contribution in [0.1, 0.15) is 26.2 Å². The summed E-state index contributed by atoms with van der Waals surface area (Å²) in [7, 11) is 0. The second-order valence-corrected chi connectivity index (χ2v) is 4.89. The van der Waals surface area contributed by atoms with Crippen molar-refractivity contribution in [3.63, 3.8) is 0 Å². The molecule has 1 heterocycles. The Morgan fingerprint density at radius 3 is 2.79 bits per heavy atom. The maximum absolute atomic E-state index is 11.2. The SMILES string of the molecule is CC(=O)CCC(=O)NCC1CCSC1. The van der Waals surface area contributed by atoms with Gasteiger partial charge >= 0.3 is 0 Å². The van der Waals surface area contributed by atoms with Crippen molar-refractivity contribution in [3.05, 3.63) is 0 Å². The fourth-order valence-corrected chi connectivity index (χ4v) is 2.66. The Morgan fingerprint density at radius 1 is 1.43 bits per heavy atom. The highest BCUT2D eigenvalue weighted by Crippen LogP contribution is 2.22. The molecule has 1 fully saturated rings. The van der Waals surface area contributed by atoms with Gasteiger partial charge < -0.3 is 10.1 Å². The molecule has 1 aliphatic heterocycles. The van der Waals surface area contributed by atoms with Crippen molar-refractivity contribution in [2.75, 3.05) is 18.1 Å². The number of ketones is 1. The van der Waals surface area contributed by atoms with E-state index in [0.717, 1.165) is 12.3 Å². The van der Waals surface area contributed by atoms with Gasteiger partial charge in [-0.3, -0.25) is 4.79 Å². The van der Waals surface area contributed by atoms with Crippen LogP contribution in [0.3, 0.4) is 0 Å². The highest BCUT2D eigenvalue weighted by atomic mass is 32.2. The normalized spacial score (nSPS) is 20.8. The summed E-state index contributed by atoms with van der Waals surface area (Å²) in [5, 5.41) is 2.88. The molecule has 1 saturated heterocycles. The van der Waals surface area contributed by atoms with Crippen LogP contribution >= 0.6 is 11.8 Å². The van der Waals surface area contributed by atoms with Gasteiger partial charge in [0.05, 0.1) is 0 Å². The molecule has 80 valence electrons. The van der Waals surface area contributed by atoms with Crippen molar-refractivity contribution in [2.24, 2.45) is 5.92 Å². The molecule has 1 atom stereocenters. The number of Topliss-reactive ketones (excluding diaryl/α,β-unsaturated/α-hetero) is 1. The molecule has 1 rings (SSSR count). The monoisotopic (exact) mass is 215 g/mol. The van der Waals surface area contributed by atoms with Crippen molar-refractivity contribution in [1.82, 2.24) is 5.32 Å². The van der Waals surface area contributed by atoms with Crippen LogP contribution in [-0.2, 0) is 9.59 Å². The van der Waals surface area contributed by atoms with E-state index in [0.29, 0.717) is 18.8 Å². The molecule has 4 heteroatoms. The number of nitrogens with one attached hydrogen (secondary N) is 1. The zero-order valence-corrected chi connectivity index (χ0v) is 9.36. The number of amides is 1. The lowest BCUT2D eigenvalue weighted by Gasteiger charge is -2.09. The van der Waals surface area contributed by atoms with E-state index < -0.39 is 0 Å². The highest BCUT2D eigenvalue weighted by molar-refractivity contribution is 7.99. The zero-order chi connectivity index (χ0) is 10.4. The first kappa shape index (κ1) is 11.6. The number of rotatable bonds is 5. The highest BCUT2D eigenvalue weighted by Gasteiger charge is 2.15. The topological polar surface area (TPSA) is 46.2 Å². The smallest absolute Gasteiger partial charge is 0.220 e. The fraction of sp³-hybridized carbons (Fsp3) is 0.800. The Labute approximate surface area is 89.0 Å². The predicted molar refractivity (Wildman–Crippen MR) is 58.4 cm³/mol. The molecule has 0 aromatic rings. The summed E-state index contributed by atoms with van der Waals surface area (Å²) in [5.74, 6) is 3.11. The van der Waals surface area contributed by atoms with Crippen LogP contribution in [0, 0.1) is 5.92 Å². The molecule has 3 nitrogen and oxygen atoms in total. The van der Waals surface area contributed by atoms with Crippen molar-refractivity contribution in [1.29, 1.82) is 0 Å². The molecule has 1 N–H and O–H groups in total. The van der Waals surface area contributed by atoms with E-state index >= 15 is 0 Å². The quantitative estimate of drug-likeness (QED) is 0.750. The van der Waals surface area contributed by atoms with E-state index in [2.05, 4.69) is 5.32 Å². The van der Waals surface area contributed by atoms with Gasteiger partial charge in [0.2, 0.25) is 5.91 Å². The summed E-state index contributed by atoms with van der Waals surface area (Å²) in [5.41, 5.74) is 0. The molecule has 14 heavy (non-hydrogen) atoms. The molecule has 1 amide bonds. The summed E-state index contributed by atoms with van der Waals surface area (Å²) in [6, 6.07) is 0. The van der Waals surface area contributed by atoms with Gasteiger partial charge in [0.25, 0.3) is 0 Å². The van der Waals surface area contributed by atoms with Crippen LogP contribution in [0.25, 0.3) is 0 Å². The molecule has 0 aliphatic carbocycles. The van der Waals surface area contributed by atoms with Crippen LogP contribution < -0.4 is 5.32 Å². The summed E-state index contributed by atoms with van der Waals surface area (Å²) < 4.78 is 0. The molecule has 0 aromatic carbocycles. The maximum Gasteiger partial charge on any atom is 0.220 e. The van der Waals surface area contributed by atoms with Crippen LogP contribution in [-0.4, -0.2) is 29.7 Å². The minimum atomic E-state index is 0.0112.